The summed E-state index contributed by atoms with van der Waals surface area (Å²) in [7, 11) is 0. The van der Waals surface area contributed by atoms with Gasteiger partial charge in [-0.15, -0.1) is 0 Å². The Hall–Kier alpha value is -0.920. The fraction of sp³-hybridized carbons (Fsp3) is 0.812. The molecule has 0 amide bonds. The zero-order valence-electron chi connectivity index (χ0n) is 24.9. The largest absolute Gasteiger partial charge is 0.244 e. The molecule has 0 N–H and O–H groups in total. The molecule has 0 radical (unpaired) electrons. The molecular formula is C32H62F2. The summed E-state index contributed by atoms with van der Waals surface area (Å²) in [6.07, 6.45) is 13.3. The van der Waals surface area contributed by atoms with Gasteiger partial charge in [0.15, 0.2) is 0 Å². The topological polar surface area (TPSA) is 0 Å². The van der Waals surface area contributed by atoms with E-state index < -0.39 is 11.3 Å². The van der Waals surface area contributed by atoms with Crippen molar-refractivity contribution in [2.45, 2.75) is 164 Å². The molecule has 0 aromatic heterocycles. The molecule has 1 rings (SSSR count). The van der Waals surface area contributed by atoms with Gasteiger partial charge >= 0.3 is 0 Å². The Balaban J connectivity index is -0.000000377. The van der Waals surface area contributed by atoms with Gasteiger partial charge in [0.05, 0.1) is 0 Å². The maximum Gasteiger partial charge on any atom is 0.108 e. The Bertz CT molecular complexity index is 451. The maximum atomic E-state index is 13.1. The molecule has 0 bridgehead atoms. The van der Waals surface area contributed by atoms with E-state index in [0.29, 0.717) is 25.7 Å². The van der Waals surface area contributed by atoms with Crippen LogP contribution in [-0.2, 0) is 6.42 Å². The molecule has 1 aromatic rings. The van der Waals surface area contributed by atoms with Crippen molar-refractivity contribution in [2.24, 2.45) is 5.92 Å². The molecule has 204 valence electrons. The van der Waals surface area contributed by atoms with Crippen LogP contribution in [0.15, 0.2) is 30.3 Å². The summed E-state index contributed by atoms with van der Waals surface area (Å²) >= 11 is 0. The third-order valence-electron chi connectivity index (χ3n) is 5.90. The third kappa shape index (κ3) is 29.1. The van der Waals surface area contributed by atoms with Crippen LogP contribution in [0.25, 0.3) is 0 Å². The predicted octanol–water partition coefficient (Wildman–Crippen LogP) is 12.1. The predicted molar refractivity (Wildman–Crippen MR) is 153 cm³/mol. The van der Waals surface area contributed by atoms with E-state index in [1.807, 2.05) is 33.8 Å². The van der Waals surface area contributed by atoms with Crippen molar-refractivity contribution < 1.29 is 8.78 Å². The van der Waals surface area contributed by atoms with Crippen molar-refractivity contribution in [3.63, 3.8) is 0 Å². The number of rotatable bonds is 13. The standard InChI is InChI=1S/2C8H17F.C8H10.C8H18/c2*1-4-6-8(3,9)7-5-2;1-2-8-6-4-3-5-7-8;1-4-6-8(3)7-5-2/h2*4-7H2,1-3H3;3-7H,2H2,1H3;8H,4-7H2,1-3H3. The first-order valence-corrected chi connectivity index (χ1v) is 14.4. The van der Waals surface area contributed by atoms with Gasteiger partial charge < -0.3 is 0 Å². The lowest BCUT2D eigenvalue weighted by molar-refractivity contribution is 0.158. The Labute approximate surface area is 214 Å². The summed E-state index contributed by atoms with van der Waals surface area (Å²) in [4.78, 5) is 0. The van der Waals surface area contributed by atoms with Gasteiger partial charge in [0.1, 0.15) is 11.3 Å². The summed E-state index contributed by atoms with van der Waals surface area (Å²) in [6, 6.07) is 10.5. The van der Waals surface area contributed by atoms with E-state index in [1.165, 1.54) is 31.2 Å². The highest BCUT2D eigenvalue weighted by Gasteiger charge is 2.20. The number of halogens is 2. The number of benzene rings is 1. The molecule has 0 saturated carbocycles. The molecule has 0 atom stereocenters. The molecule has 34 heavy (non-hydrogen) atoms. The lowest BCUT2D eigenvalue weighted by Gasteiger charge is -2.17. The van der Waals surface area contributed by atoms with Crippen LogP contribution in [0.4, 0.5) is 8.78 Å². The minimum absolute atomic E-state index is 0.709. The normalized spacial score (nSPS) is 11.0. The summed E-state index contributed by atoms with van der Waals surface area (Å²) in [5, 5.41) is 0. The van der Waals surface area contributed by atoms with Crippen LogP contribution in [-0.4, -0.2) is 11.3 Å². The fourth-order valence-corrected chi connectivity index (χ4v) is 4.18. The van der Waals surface area contributed by atoms with Gasteiger partial charge in [0, 0.05) is 0 Å². The molecule has 2 heteroatoms. The van der Waals surface area contributed by atoms with E-state index in [1.54, 1.807) is 13.8 Å². The van der Waals surface area contributed by atoms with Crippen LogP contribution in [0.5, 0.6) is 0 Å². The van der Waals surface area contributed by atoms with Gasteiger partial charge in [-0.3, -0.25) is 0 Å². The van der Waals surface area contributed by atoms with Crippen LogP contribution in [0.3, 0.4) is 0 Å². The monoisotopic (exact) mass is 484 g/mol. The molecule has 0 unspecified atom stereocenters. The maximum absolute atomic E-state index is 13.1. The van der Waals surface area contributed by atoms with E-state index in [4.69, 9.17) is 0 Å². The molecule has 0 heterocycles. The molecule has 0 aliphatic carbocycles. The van der Waals surface area contributed by atoms with E-state index >= 15 is 0 Å². The van der Waals surface area contributed by atoms with E-state index in [-0.39, 0.29) is 0 Å². The second-order valence-corrected chi connectivity index (χ2v) is 10.3. The average Bonchev–Trinajstić information content (AvgIpc) is 2.76. The second kappa shape index (κ2) is 25.2. The van der Waals surface area contributed by atoms with Crippen LogP contribution in [0.1, 0.15) is 152 Å². The van der Waals surface area contributed by atoms with E-state index in [9.17, 15) is 8.78 Å². The van der Waals surface area contributed by atoms with E-state index in [2.05, 4.69) is 52.0 Å². The summed E-state index contributed by atoms with van der Waals surface area (Å²) in [5.41, 5.74) is -0.389. The quantitative estimate of drug-likeness (QED) is 0.261. The minimum Gasteiger partial charge on any atom is -0.244 e. The van der Waals surface area contributed by atoms with Crippen LogP contribution in [0, 0.1) is 5.92 Å². The fourth-order valence-electron chi connectivity index (χ4n) is 4.18. The van der Waals surface area contributed by atoms with Crippen LogP contribution >= 0.6 is 0 Å². The van der Waals surface area contributed by atoms with E-state index in [0.717, 1.165) is 38.0 Å². The number of aryl methyl sites for hydroxylation is 1. The van der Waals surface area contributed by atoms with Crippen LogP contribution in [0.2, 0.25) is 0 Å². The minimum atomic E-state index is -0.899. The van der Waals surface area contributed by atoms with Crippen LogP contribution < -0.4 is 0 Å². The zero-order valence-corrected chi connectivity index (χ0v) is 24.9. The highest BCUT2D eigenvalue weighted by molar-refractivity contribution is 5.13. The Morgan fingerprint density at radius 2 is 0.912 bits per heavy atom. The number of alkyl halides is 2. The molecule has 0 fully saturated rings. The van der Waals surface area contributed by atoms with Crippen molar-refractivity contribution in [2.75, 3.05) is 0 Å². The second-order valence-electron chi connectivity index (χ2n) is 10.3. The lowest BCUT2D eigenvalue weighted by atomic mass is 9.97. The summed E-state index contributed by atoms with van der Waals surface area (Å²) < 4.78 is 26.2. The first kappa shape index (κ1) is 37.6. The van der Waals surface area contributed by atoms with Crippen molar-refractivity contribution in [1.29, 1.82) is 0 Å². The lowest BCUT2D eigenvalue weighted by Crippen LogP contribution is -2.16. The molecule has 0 aliphatic rings. The third-order valence-corrected chi connectivity index (χ3v) is 5.90. The average molecular weight is 485 g/mol. The molecule has 1 aromatic carbocycles. The smallest absolute Gasteiger partial charge is 0.108 e. The van der Waals surface area contributed by atoms with Crippen molar-refractivity contribution in [1.82, 2.24) is 0 Å². The number of hydrogen-bond donors (Lipinski definition) is 0. The summed E-state index contributed by atoms with van der Waals surface area (Å²) in [6.45, 7) is 20.5. The molecule has 0 nitrogen and oxygen atoms in total. The van der Waals surface area contributed by atoms with Gasteiger partial charge in [-0.2, -0.15) is 0 Å². The van der Waals surface area contributed by atoms with Gasteiger partial charge in [0.2, 0.25) is 0 Å². The molecule has 0 saturated heterocycles. The highest BCUT2D eigenvalue weighted by atomic mass is 19.1. The SMILES string of the molecule is CCCC(C)(F)CCC.CCCC(C)(F)CCC.CCCC(C)CCC.CCc1ccccc1. The van der Waals surface area contributed by atoms with Gasteiger partial charge in [0.25, 0.3) is 0 Å². The van der Waals surface area contributed by atoms with Crippen molar-refractivity contribution >= 4 is 0 Å². The first-order valence-electron chi connectivity index (χ1n) is 14.4. The first-order chi connectivity index (χ1) is 16.0. The van der Waals surface area contributed by atoms with Crippen molar-refractivity contribution in [3.05, 3.63) is 35.9 Å². The molecule has 0 spiro atoms. The van der Waals surface area contributed by atoms with Crippen molar-refractivity contribution in [3.8, 4) is 0 Å². The summed E-state index contributed by atoms with van der Waals surface area (Å²) in [5.74, 6) is 0.963. The molecular weight excluding hydrogens is 422 g/mol. The van der Waals surface area contributed by atoms with Gasteiger partial charge in [-0.1, -0.05) is 137 Å². The Morgan fingerprint density at radius 3 is 1.12 bits per heavy atom. The molecule has 0 aliphatic heterocycles. The Morgan fingerprint density at radius 1 is 0.588 bits per heavy atom. The van der Waals surface area contributed by atoms with Gasteiger partial charge in [-0.25, -0.2) is 8.78 Å². The van der Waals surface area contributed by atoms with Gasteiger partial charge in [-0.05, 0) is 57.4 Å². The Kier molecular flexibility index (Phi) is 27.9. The number of hydrogen-bond acceptors (Lipinski definition) is 0. The zero-order chi connectivity index (χ0) is 26.9. The highest BCUT2D eigenvalue weighted by Crippen LogP contribution is 2.23.